The van der Waals surface area contributed by atoms with Gasteiger partial charge in [0.2, 0.25) is 4.80 Å². The van der Waals surface area contributed by atoms with Gasteiger partial charge in [0.05, 0.1) is 17.3 Å². The molecule has 0 amide bonds. The van der Waals surface area contributed by atoms with E-state index in [9.17, 15) is 0 Å². The summed E-state index contributed by atoms with van der Waals surface area (Å²) in [5.41, 5.74) is 1.08. The van der Waals surface area contributed by atoms with Crippen LogP contribution < -0.4 is 15.4 Å². The fourth-order valence-corrected chi connectivity index (χ4v) is 2.44. The van der Waals surface area contributed by atoms with Crippen LogP contribution in [0, 0.1) is 0 Å². The van der Waals surface area contributed by atoms with Gasteiger partial charge in [0, 0.05) is 7.05 Å². The van der Waals surface area contributed by atoms with Crippen LogP contribution in [-0.2, 0) is 7.05 Å². The molecule has 0 aliphatic heterocycles. The van der Waals surface area contributed by atoms with Crippen molar-refractivity contribution in [1.29, 1.82) is 0 Å². The summed E-state index contributed by atoms with van der Waals surface area (Å²) in [6.45, 7) is 0. The molecule has 0 bridgehead atoms. The number of rotatable bonds is 1. The first-order valence-electron chi connectivity index (χ1n) is 4.14. The molecule has 1 aromatic carbocycles. The number of aryl methyl sites for hydroxylation is 1. The maximum absolute atomic E-state index is 5.28. The summed E-state index contributed by atoms with van der Waals surface area (Å²) in [6, 6.07) is 5.90. The Kier molecular flexibility index (Phi) is 2.17. The Bertz CT molecular complexity index is 526. The van der Waals surface area contributed by atoms with Crippen molar-refractivity contribution < 1.29 is 4.74 Å². The Balaban J connectivity index is 2.91. The van der Waals surface area contributed by atoms with Gasteiger partial charge in [0.15, 0.2) is 0 Å². The van der Waals surface area contributed by atoms with Crippen molar-refractivity contribution in [2.45, 2.75) is 0 Å². The van der Waals surface area contributed by atoms with Crippen LogP contribution in [-0.4, -0.2) is 11.7 Å². The van der Waals surface area contributed by atoms with Crippen LogP contribution in [0.4, 0.5) is 0 Å². The number of benzene rings is 1. The van der Waals surface area contributed by atoms with Gasteiger partial charge < -0.3 is 15.1 Å². The van der Waals surface area contributed by atoms with Crippen LogP contribution >= 0.6 is 11.3 Å². The summed E-state index contributed by atoms with van der Waals surface area (Å²) in [6.07, 6.45) is 0. The molecule has 0 radical (unpaired) electrons. The fourth-order valence-electron chi connectivity index (χ4n) is 1.41. The summed E-state index contributed by atoms with van der Waals surface area (Å²) in [5, 5.41) is 3.71. The van der Waals surface area contributed by atoms with Crippen LogP contribution in [0.25, 0.3) is 10.2 Å². The Morgan fingerprint density at radius 1 is 1.50 bits per heavy atom. The van der Waals surface area contributed by atoms with Crippen molar-refractivity contribution in [2.24, 2.45) is 18.0 Å². The first-order chi connectivity index (χ1) is 6.77. The monoisotopic (exact) mass is 209 g/mol. The lowest BCUT2D eigenvalue weighted by molar-refractivity contribution is 0.420. The largest absolute Gasteiger partial charge is 0.495 e. The third-order valence-electron chi connectivity index (χ3n) is 2.13. The van der Waals surface area contributed by atoms with Gasteiger partial charge in [-0.25, -0.2) is 0 Å². The molecule has 2 rings (SSSR count). The second kappa shape index (κ2) is 3.34. The Morgan fingerprint density at radius 2 is 2.29 bits per heavy atom. The van der Waals surface area contributed by atoms with Crippen LogP contribution in [0.3, 0.4) is 0 Å². The highest BCUT2D eigenvalue weighted by Gasteiger charge is 2.06. The van der Waals surface area contributed by atoms with Gasteiger partial charge in [-0.05, 0) is 12.1 Å². The molecule has 0 atom stereocenters. The Hall–Kier alpha value is -1.49. The van der Waals surface area contributed by atoms with Crippen molar-refractivity contribution in [2.75, 3.05) is 7.11 Å². The van der Waals surface area contributed by atoms with Gasteiger partial charge in [-0.3, -0.25) is 0 Å². The van der Waals surface area contributed by atoms with Gasteiger partial charge in [0.1, 0.15) is 5.75 Å². The molecule has 0 unspecified atom stereocenters. The highest BCUT2D eigenvalue weighted by atomic mass is 32.1. The smallest absolute Gasteiger partial charge is 0.208 e. The van der Waals surface area contributed by atoms with E-state index in [1.54, 1.807) is 7.11 Å². The molecule has 2 aromatic rings. The number of hydrogen-bond donors (Lipinski definition) is 1. The number of methoxy groups -OCH3 is 1. The van der Waals surface area contributed by atoms with Crippen molar-refractivity contribution in [3.05, 3.63) is 23.0 Å². The average molecular weight is 209 g/mol. The van der Waals surface area contributed by atoms with Gasteiger partial charge >= 0.3 is 0 Å². The lowest BCUT2D eigenvalue weighted by Crippen LogP contribution is -2.12. The zero-order valence-electron chi connectivity index (χ0n) is 8.02. The molecule has 2 N–H and O–H groups in total. The number of ether oxygens (including phenoxy) is 1. The molecule has 14 heavy (non-hydrogen) atoms. The lowest BCUT2D eigenvalue weighted by Gasteiger charge is -2.00. The Morgan fingerprint density at radius 3 is 2.93 bits per heavy atom. The molecular formula is C9H11N3OS. The number of thiazole rings is 1. The van der Waals surface area contributed by atoms with E-state index in [0.717, 1.165) is 20.8 Å². The molecule has 0 fully saturated rings. The predicted octanol–water partition coefficient (Wildman–Crippen LogP) is 1.02. The van der Waals surface area contributed by atoms with Crippen molar-refractivity contribution in [1.82, 2.24) is 4.57 Å². The zero-order chi connectivity index (χ0) is 10.1. The van der Waals surface area contributed by atoms with Crippen LogP contribution in [0.5, 0.6) is 5.75 Å². The molecular weight excluding hydrogens is 198 g/mol. The van der Waals surface area contributed by atoms with Crippen molar-refractivity contribution in [3.8, 4) is 5.75 Å². The molecule has 74 valence electrons. The minimum atomic E-state index is 0.782. The first-order valence-corrected chi connectivity index (χ1v) is 4.96. The van der Waals surface area contributed by atoms with Gasteiger partial charge in [0.25, 0.3) is 0 Å². The fraction of sp³-hybridized carbons (Fsp3) is 0.222. The van der Waals surface area contributed by atoms with Gasteiger partial charge in [-0.2, -0.15) is 5.10 Å². The minimum Gasteiger partial charge on any atom is -0.495 e. The highest BCUT2D eigenvalue weighted by Crippen LogP contribution is 2.27. The lowest BCUT2D eigenvalue weighted by atomic mass is 10.3. The van der Waals surface area contributed by atoms with Crippen LogP contribution in [0.1, 0.15) is 0 Å². The topological polar surface area (TPSA) is 52.5 Å². The van der Waals surface area contributed by atoms with E-state index in [-0.39, 0.29) is 0 Å². The second-order valence-corrected chi connectivity index (χ2v) is 3.86. The molecule has 4 nitrogen and oxygen atoms in total. The van der Waals surface area contributed by atoms with Crippen molar-refractivity contribution in [3.63, 3.8) is 0 Å². The standard InChI is InChI=1S/C9H11N3OS/c1-12-6-4-3-5-7(13-2)8(6)14-9(12)11-10/h3-5H,10H2,1-2H3. The summed E-state index contributed by atoms with van der Waals surface area (Å²) < 4.78 is 8.27. The molecule has 1 heterocycles. The van der Waals surface area contributed by atoms with E-state index in [1.807, 2.05) is 29.8 Å². The van der Waals surface area contributed by atoms with Crippen LogP contribution in [0.15, 0.2) is 23.3 Å². The van der Waals surface area contributed by atoms with Gasteiger partial charge in [-0.15, -0.1) is 0 Å². The summed E-state index contributed by atoms with van der Waals surface area (Å²) >= 11 is 1.52. The SMILES string of the molecule is COc1cccc2c1sc(=NN)n2C. The molecule has 0 saturated carbocycles. The predicted molar refractivity (Wildman–Crippen MR) is 57.1 cm³/mol. The number of fused-ring (bicyclic) bond motifs is 1. The van der Waals surface area contributed by atoms with Crippen molar-refractivity contribution >= 4 is 21.6 Å². The van der Waals surface area contributed by atoms with E-state index in [1.165, 1.54) is 11.3 Å². The zero-order valence-corrected chi connectivity index (χ0v) is 8.84. The molecule has 1 aromatic heterocycles. The van der Waals surface area contributed by atoms with E-state index < -0.39 is 0 Å². The second-order valence-electron chi connectivity index (χ2n) is 2.88. The summed E-state index contributed by atoms with van der Waals surface area (Å²) in [5.74, 6) is 6.14. The third-order valence-corrected chi connectivity index (χ3v) is 3.31. The summed E-state index contributed by atoms with van der Waals surface area (Å²) in [7, 11) is 3.59. The first kappa shape index (κ1) is 9.08. The number of hydrogen-bond acceptors (Lipinski definition) is 4. The molecule has 5 heteroatoms. The number of aromatic nitrogens is 1. The normalized spacial score (nSPS) is 12.3. The highest BCUT2D eigenvalue weighted by molar-refractivity contribution is 7.16. The third kappa shape index (κ3) is 1.17. The van der Waals surface area contributed by atoms with E-state index in [4.69, 9.17) is 10.6 Å². The molecule has 0 saturated heterocycles. The summed E-state index contributed by atoms with van der Waals surface area (Å²) in [4.78, 5) is 0.782. The molecule has 0 aliphatic carbocycles. The Labute approximate surface area is 85.2 Å². The minimum absolute atomic E-state index is 0.782. The quantitative estimate of drug-likeness (QED) is 0.563. The van der Waals surface area contributed by atoms with E-state index in [2.05, 4.69) is 5.10 Å². The maximum atomic E-state index is 5.28. The van der Waals surface area contributed by atoms with E-state index >= 15 is 0 Å². The number of nitrogens with zero attached hydrogens (tertiary/aromatic N) is 2. The average Bonchev–Trinajstić information content (AvgIpc) is 2.55. The maximum Gasteiger partial charge on any atom is 0.208 e. The van der Waals surface area contributed by atoms with E-state index in [0.29, 0.717) is 0 Å². The van der Waals surface area contributed by atoms with Gasteiger partial charge in [-0.1, -0.05) is 17.4 Å². The molecule has 0 aliphatic rings. The number of nitrogens with two attached hydrogens (primary N) is 1. The van der Waals surface area contributed by atoms with Crippen LogP contribution in [0.2, 0.25) is 0 Å². The molecule has 0 spiro atoms.